The van der Waals surface area contributed by atoms with Crippen LogP contribution in [0.4, 0.5) is 18.9 Å². The van der Waals surface area contributed by atoms with E-state index in [1.807, 2.05) is 16.8 Å². The van der Waals surface area contributed by atoms with Crippen LogP contribution in [0.15, 0.2) is 18.2 Å². The second-order valence-corrected chi connectivity index (χ2v) is 7.88. The van der Waals surface area contributed by atoms with Crippen LogP contribution in [0.25, 0.3) is 0 Å². The number of anilines is 1. The molecule has 0 radical (unpaired) electrons. The molecule has 3 rings (SSSR count). The van der Waals surface area contributed by atoms with Crippen molar-refractivity contribution in [3.63, 3.8) is 0 Å². The zero-order chi connectivity index (χ0) is 20.5. The molecule has 2 aliphatic rings. The molecule has 0 atom stereocenters. The van der Waals surface area contributed by atoms with Crippen LogP contribution in [0.5, 0.6) is 0 Å². The molecule has 1 aliphatic heterocycles. The van der Waals surface area contributed by atoms with Crippen molar-refractivity contribution >= 4 is 29.1 Å². The van der Waals surface area contributed by atoms with Crippen LogP contribution in [0.2, 0.25) is 5.02 Å². The fraction of sp³-hybridized carbons (Fsp3) is 0.579. The SMILES string of the molecule is CN(C(=O)C1CC1)C1CCN(CC(=O)Nc2cc(C(F)(F)F)ccc2Cl)CC1. The van der Waals surface area contributed by atoms with Gasteiger partial charge in [0.1, 0.15) is 0 Å². The first-order chi connectivity index (χ1) is 13.1. The van der Waals surface area contributed by atoms with Gasteiger partial charge in [-0.15, -0.1) is 0 Å². The number of piperidine rings is 1. The van der Waals surface area contributed by atoms with Gasteiger partial charge in [0.15, 0.2) is 0 Å². The average molecular weight is 418 g/mol. The summed E-state index contributed by atoms with van der Waals surface area (Å²) in [5.41, 5.74) is -0.914. The molecule has 2 amide bonds. The number of likely N-dealkylation sites (tertiary alicyclic amines) is 1. The van der Waals surface area contributed by atoms with Gasteiger partial charge in [-0.25, -0.2) is 0 Å². The van der Waals surface area contributed by atoms with Crippen LogP contribution < -0.4 is 5.32 Å². The summed E-state index contributed by atoms with van der Waals surface area (Å²) in [6.07, 6.45) is -1.02. The summed E-state index contributed by atoms with van der Waals surface area (Å²) < 4.78 is 38.5. The zero-order valence-electron chi connectivity index (χ0n) is 15.6. The highest BCUT2D eigenvalue weighted by molar-refractivity contribution is 6.33. The number of amides is 2. The van der Waals surface area contributed by atoms with E-state index in [9.17, 15) is 22.8 Å². The average Bonchev–Trinajstić information content (AvgIpc) is 3.47. The van der Waals surface area contributed by atoms with E-state index in [1.165, 1.54) is 0 Å². The predicted molar refractivity (Wildman–Crippen MR) is 100 cm³/mol. The second-order valence-electron chi connectivity index (χ2n) is 7.47. The molecule has 1 N–H and O–H groups in total. The summed E-state index contributed by atoms with van der Waals surface area (Å²) in [6.45, 7) is 1.37. The number of nitrogens with zero attached hydrogens (tertiary/aromatic N) is 2. The molecule has 2 fully saturated rings. The number of nitrogens with one attached hydrogen (secondary N) is 1. The van der Waals surface area contributed by atoms with E-state index in [1.54, 1.807) is 0 Å². The Morgan fingerprint density at radius 3 is 2.43 bits per heavy atom. The topological polar surface area (TPSA) is 52.7 Å². The molecule has 0 aromatic heterocycles. The summed E-state index contributed by atoms with van der Waals surface area (Å²) in [4.78, 5) is 28.2. The van der Waals surface area contributed by atoms with E-state index in [4.69, 9.17) is 11.6 Å². The first kappa shape index (κ1) is 20.9. The molecule has 154 valence electrons. The molecule has 1 aromatic carbocycles. The lowest BCUT2D eigenvalue weighted by Crippen LogP contribution is -2.47. The largest absolute Gasteiger partial charge is 0.416 e. The molecule has 0 bridgehead atoms. The third-order valence-corrected chi connectivity index (χ3v) is 5.64. The van der Waals surface area contributed by atoms with Crippen LogP contribution in [0.3, 0.4) is 0 Å². The maximum atomic E-state index is 12.8. The van der Waals surface area contributed by atoms with Crippen molar-refractivity contribution in [3.8, 4) is 0 Å². The van der Waals surface area contributed by atoms with E-state index >= 15 is 0 Å². The van der Waals surface area contributed by atoms with Crippen molar-refractivity contribution in [3.05, 3.63) is 28.8 Å². The van der Waals surface area contributed by atoms with Gasteiger partial charge < -0.3 is 10.2 Å². The molecule has 1 heterocycles. The number of alkyl halides is 3. The molecule has 1 saturated carbocycles. The van der Waals surface area contributed by atoms with E-state index in [-0.39, 0.29) is 35.1 Å². The van der Waals surface area contributed by atoms with Gasteiger partial charge in [0.25, 0.3) is 0 Å². The quantitative estimate of drug-likeness (QED) is 0.796. The van der Waals surface area contributed by atoms with Gasteiger partial charge in [-0.2, -0.15) is 13.2 Å². The van der Waals surface area contributed by atoms with Crippen LogP contribution in [-0.4, -0.2) is 54.3 Å². The number of hydrogen-bond donors (Lipinski definition) is 1. The Morgan fingerprint density at radius 2 is 1.86 bits per heavy atom. The first-order valence-corrected chi connectivity index (χ1v) is 9.68. The van der Waals surface area contributed by atoms with Crippen LogP contribution >= 0.6 is 11.6 Å². The molecule has 1 saturated heterocycles. The van der Waals surface area contributed by atoms with Crippen molar-refractivity contribution in [2.75, 3.05) is 32.0 Å². The highest BCUT2D eigenvalue weighted by atomic mass is 35.5. The Hall–Kier alpha value is -1.80. The number of rotatable bonds is 5. The van der Waals surface area contributed by atoms with Gasteiger partial charge in [-0.3, -0.25) is 14.5 Å². The molecule has 28 heavy (non-hydrogen) atoms. The molecule has 1 aromatic rings. The van der Waals surface area contributed by atoms with Crippen molar-refractivity contribution in [2.24, 2.45) is 5.92 Å². The van der Waals surface area contributed by atoms with E-state index in [0.29, 0.717) is 13.1 Å². The maximum Gasteiger partial charge on any atom is 0.416 e. The van der Waals surface area contributed by atoms with Gasteiger partial charge >= 0.3 is 6.18 Å². The molecule has 0 spiro atoms. The highest BCUT2D eigenvalue weighted by Crippen LogP contribution is 2.34. The molecule has 9 heteroatoms. The molecule has 5 nitrogen and oxygen atoms in total. The number of carbonyl (C=O) groups excluding carboxylic acids is 2. The Kier molecular flexibility index (Phi) is 6.19. The second kappa shape index (κ2) is 8.29. The summed E-state index contributed by atoms with van der Waals surface area (Å²) in [6, 6.07) is 3.01. The van der Waals surface area contributed by atoms with Crippen molar-refractivity contribution in [1.82, 2.24) is 9.80 Å². The first-order valence-electron chi connectivity index (χ1n) is 9.31. The minimum Gasteiger partial charge on any atom is -0.342 e. The van der Waals surface area contributed by atoms with Crippen molar-refractivity contribution in [2.45, 2.75) is 37.9 Å². The summed E-state index contributed by atoms with van der Waals surface area (Å²) in [5, 5.41) is 2.52. The van der Waals surface area contributed by atoms with E-state index in [0.717, 1.165) is 43.9 Å². The number of halogens is 4. The lowest BCUT2D eigenvalue weighted by molar-refractivity contribution is -0.137. The Balaban J connectivity index is 1.50. The fourth-order valence-corrected chi connectivity index (χ4v) is 3.62. The standard InChI is InChI=1S/C19H23ClF3N3O2/c1-25(18(28)12-2-3-12)14-6-8-26(9-7-14)11-17(27)24-16-10-13(19(21,22)23)4-5-15(16)20/h4-5,10,12,14H,2-3,6-9,11H2,1H3,(H,24,27). The van der Waals surface area contributed by atoms with Crippen molar-refractivity contribution < 1.29 is 22.8 Å². The zero-order valence-corrected chi connectivity index (χ0v) is 16.3. The maximum absolute atomic E-state index is 12.8. The van der Waals surface area contributed by atoms with Gasteiger partial charge in [-0.05, 0) is 43.9 Å². The summed E-state index contributed by atoms with van der Waals surface area (Å²) in [7, 11) is 1.84. The van der Waals surface area contributed by atoms with Crippen LogP contribution in [0, 0.1) is 5.92 Å². The minimum absolute atomic E-state index is 0.0499. The third-order valence-electron chi connectivity index (χ3n) is 5.31. The normalized spacial score (nSPS) is 18.8. The number of hydrogen-bond acceptors (Lipinski definition) is 3. The lowest BCUT2D eigenvalue weighted by atomic mass is 10.0. The Morgan fingerprint density at radius 1 is 1.21 bits per heavy atom. The van der Waals surface area contributed by atoms with Gasteiger partial charge in [0.05, 0.1) is 22.8 Å². The third kappa shape index (κ3) is 5.17. The van der Waals surface area contributed by atoms with Crippen LogP contribution in [0.1, 0.15) is 31.2 Å². The molecule has 0 unspecified atom stereocenters. The highest BCUT2D eigenvalue weighted by Gasteiger charge is 2.35. The molecule has 1 aliphatic carbocycles. The Bertz CT molecular complexity index is 744. The lowest BCUT2D eigenvalue weighted by Gasteiger charge is -2.36. The molecular weight excluding hydrogens is 395 g/mol. The summed E-state index contributed by atoms with van der Waals surface area (Å²) in [5.74, 6) is -0.0246. The predicted octanol–water partition coefficient (Wildman–Crippen LogP) is 3.63. The van der Waals surface area contributed by atoms with Gasteiger partial charge in [-0.1, -0.05) is 11.6 Å². The monoisotopic (exact) mass is 417 g/mol. The van der Waals surface area contributed by atoms with Gasteiger partial charge in [0, 0.05) is 32.1 Å². The smallest absolute Gasteiger partial charge is 0.342 e. The minimum atomic E-state index is -4.50. The summed E-state index contributed by atoms with van der Waals surface area (Å²) >= 11 is 5.91. The van der Waals surface area contributed by atoms with E-state index < -0.39 is 17.6 Å². The van der Waals surface area contributed by atoms with Crippen molar-refractivity contribution in [1.29, 1.82) is 0 Å². The van der Waals surface area contributed by atoms with Gasteiger partial charge in [0.2, 0.25) is 11.8 Å². The molecular formula is C19H23ClF3N3O2. The van der Waals surface area contributed by atoms with E-state index in [2.05, 4.69) is 5.32 Å². The van der Waals surface area contributed by atoms with Crippen LogP contribution in [-0.2, 0) is 15.8 Å². The number of carbonyl (C=O) groups is 2. The fourth-order valence-electron chi connectivity index (χ4n) is 3.45. The Labute approximate surface area is 166 Å². The number of benzene rings is 1.